The van der Waals surface area contributed by atoms with E-state index in [2.05, 4.69) is 87.9 Å². The predicted octanol–water partition coefficient (Wildman–Crippen LogP) is 13.6. The Morgan fingerprint density at radius 1 is 0.707 bits per heavy atom. The van der Waals surface area contributed by atoms with Gasteiger partial charge in [0.15, 0.2) is 0 Å². The first-order valence-corrected chi connectivity index (χ1v) is 22.8. The molecular formula is C53H48IrN2OSi-2. The Labute approximate surface area is 364 Å². The number of furan rings is 1. The van der Waals surface area contributed by atoms with Crippen LogP contribution in [0.4, 0.5) is 0 Å². The molecule has 5 heteroatoms. The van der Waals surface area contributed by atoms with Gasteiger partial charge in [0.2, 0.25) is 0 Å². The largest absolute Gasteiger partial charge is 0.500 e. The molecule has 0 aliphatic heterocycles. The fraction of sp³-hybridized carbons (Fsp3) is 0.170. The van der Waals surface area contributed by atoms with Crippen molar-refractivity contribution in [1.82, 2.24) is 9.97 Å². The minimum atomic E-state index is -2.27. The Morgan fingerprint density at radius 2 is 1.40 bits per heavy atom. The molecule has 0 fully saturated rings. The van der Waals surface area contributed by atoms with Crippen molar-refractivity contribution in [1.29, 1.82) is 0 Å². The number of aryl methyl sites for hydroxylation is 1. The van der Waals surface area contributed by atoms with Crippen molar-refractivity contribution in [3.05, 3.63) is 186 Å². The van der Waals surface area contributed by atoms with E-state index in [1.807, 2.05) is 103 Å². The zero-order valence-corrected chi connectivity index (χ0v) is 37.0. The molecule has 0 saturated carbocycles. The summed E-state index contributed by atoms with van der Waals surface area (Å²) >= 11 is 0. The molecule has 9 aromatic rings. The van der Waals surface area contributed by atoms with Gasteiger partial charge in [0.05, 0.1) is 13.7 Å². The molecule has 0 spiro atoms. The van der Waals surface area contributed by atoms with Crippen LogP contribution in [0.2, 0.25) is 19.6 Å². The van der Waals surface area contributed by atoms with Crippen LogP contribution in [-0.2, 0) is 31.9 Å². The van der Waals surface area contributed by atoms with E-state index in [9.17, 15) is 0 Å². The van der Waals surface area contributed by atoms with Gasteiger partial charge in [0.1, 0.15) is 5.58 Å². The normalized spacial score (nSPS) is 13.4. The van der Waals surface area contributed by atoms with Gasteiger partial charge < -0.3 is 14.4 Å². The fourth-order valence-electron chi connectivity index (χ4n) is 7.15. The van der Waals surface area contributed by atoms with Crippen molar-refractivity contribution in [2.24, 2.45) is 0 Å². The van der Waals surface area contributed by atoms with Gasteiger partial charge in [-0.15, -0.1) is 59.2 Å². The Bertz CT molecular complexity index is 3060. The molecule has 0 aliphatic carbocycles. The number of aromatic nitrogens is 2. The van der Waals surface area contributed by atoms with E-state index < -0.39 is 21.3 Å². The minimum absolute atomic E-state index is 0. The maximum absolute atomic E-state index is 8.98. The topological polar surface area (TPSA) is 38.9 Å². The third-order valence-corrected chi connectivity index (χ3v) is 12.3. The molecule has 0 aliphatic rings. The number of benzene rings is 6. The molecule has 0 unspecified atom stereocenters. The summed E-state index contributed by atoms with van der Waals surface area (Å²) < 4.78 is 48.3. The first-order valence-electron chi connectivity index (χ1n) is 21.8. The second-order valence-corrected chi connectivity index (χ2v) is 21.5. The van der Waals surface area contributed by atoms with E-state index in [1.165, 1.54) is 5.56 Å². The van der Waals surface area contributed by atoms with E-state index in [0.717, 1.165) is 65.8 Å². The average molecular weight is 954 g/mol. The molecule has 0 N–H and O–H groups in total. The van der Waals surface area contributed by atoms with Crippen molar-refractivity contribution in [2.45, 2.75) is 59.1 Å². The second-order valence-electron chi connectivity index (χ2n) is 16.5. The van der Waals surface area contributed by atoms with Gasteiger partial charge in [0, 0.05) is 50.3 Å². The standard InChI is InChI=1S/C28H18NO.C25H30NSi.Ir/c1-18-15-25(29-17-24(18)19-7-3-2-4-8-19)21-12-13-26-23(16-21)28-22-10-6-5-9-20(22)11-14-27(28)30-26;1-25(2,3)22-14-10-13-20(16-22)23-17-21(15-19-11-8-7-9-12-19)24(18-26-23)27(4,5)6;/h2-11,13-17H,1H3;7-12,14,16-18H,15H2,1-6H3;/q2*-1;/i1D3;15D2;. The maximum Gasteiger partial charge on any atom is 0.121 e. The number of rotatable bonds is 6. The quantitative estimate of drug-likeness (QED) is 0.123. The van der Waals surface area contributed by atoms with Crippen LogP contribution < -0.4 is 5.19 Å². The van der Waals surface area contributed by atoms with Crippen LogP contribution >= 0.6 is 0 Å². The van der Waals surface area contributed by atoms with Crippen LogP contribution in [0, 0.1) is 19.0 Å². The van der Waals surface area contributed by atoms with Crippen molar-refractivity contribution >= 4 is 46.0 Å². The number of hydrogen-bond donors (Lipinski definition) is 0. The van der Waals surface area contributed by atoms with Crippen molar-refractivity contribution in [3.63, 3.8) is 0 Å². The molecule has 3 aromatic heterocycles. The molecular weight excluding hydrogens is 901 g/mol. The van der Waals surface area contributed by atoms with E-state index in [-0.39, 0.29) is 31.1 Å². The summed E-state index contributed by atoms with van der Waals surface area (Å²) in [6.45, 7) is 11.0. The third kappa shape index (κ3) is 8.68. The van der Waals surface area contributed by atoms with Crippen LogP contribution in [0.15, 0.2) is 156 Å². The first-order chi connectivity index (χ1) is 29.4. The summed E-state index contributed by atoms with van der Waals surface area (Å²) in [6.07, 6.45) is 1.96. The van der Waals surface area contributed by atoms with E-state index in [1.54, 1.807) is 18.3 Å². The van der Waals surface area contributed by atoms with Gasteiger partial charge >= 0.3 is 0 Å². The summed E-state index contributed by atoms with van der Waals surface area (Å²) in [5, 5.41) is 5.30. The molecule has 58 heavy (non-hydrogen) atoms. The fourth-order valence-corrected chi connectivity index (χ4v) is 8.55. The van der Waals surface area contributed by atoms with Crippen LogP contribution in [0.1, 0.15) is 49.9 Å². The molecule has 0 bridgehead atoms. The molecule has 291 valence electrons. The van der Waals surface area contributed by atoms with Gasteiger partial charge in [0.25, 0.3) is 0 Å². The van der Waals surface area contributed by atoms with E-state index >= 15 is 0 Å². The molecule has 6 aromatic carbocycles. The zero-order chi connectivity index (χ0) is 44.0. The summed E-state index contributed by atoms with van der Waals surface area (Å²) in [5.74, 6) is 0. The predicted molar refractivity (Wildman–Crippen MR) is 243 cm³/mol. The molecule has 3 heterocycles. The SMILES string of the molecule is [2H]C([2H])([2H])c1cc(-c2[c-]cc3oc4ccc5ccccc5c4c3c2)ncc1-c1ccccc1.[2H]C([2H])(c1ccccc1)c1cc(-c2[c-]ccc(C(C)(C)C)c2)ncc1[Si](C)(C)C.[Ir]. The zero-order valence-electron chi connectivity index (χ0n) is 38.6. The van der Waals surface area contributed by atoms with Gasteiger partial charge in [-0.3, -0.25) is 0 Å². The summed E-state index contributed by atoms with van der Waals surface area (Å²) in [5.41, 5.74) is 8.87. The van der Waals surface area contributed by atoms with Crippen LogP contribution in [0.25, 0.3) is 66.4 Å². The van der Waals surface area contributed by atoms with E-state index in [0.29, 0.717) is 16.8 Å². The van der Waals surface area contributed by atoms with Crippen molar-refractivity contribution in [3.8, 4) is 33.6 Å². The summed E-state index contributed by atoms with van der Waals surface area (Å²) in [6, 6.07) is 51.2. The molecule has 9 rings (SSSR count). The molecule has 0 atom stereocenters. The van der Waals surface area contributed by atoms with Gasteiger partial charge in [-0.25, -0.2) is 0 Å². The smallest absolute Gasteiger partial charge is 0.121 e. The monoisotopic (exact) mass is 954 g/mol. The Balaban J connectivity index is 0.000000188. The number of fused-ring (bicyclic) bond motifs is 5. The molecule has 0 saturated heterocycles. The van der Waals surface area contributed by atoms with Crippen molar-refractivity contribution < 1.29 is 31.4 Å². The molecule has 0 amide bonds. The van der Waals surface area contributed by atoms with E-state index in [4.69, 9.17) is 16.3 Å². The first kappa shape index (κ1) is 34.6. The molecule has 1 radical (unpaired) electrons. The van der Waals surface area contributed by atoms with Crippen LogP contribution in [0.3, 0.4) is 0 Å². The van der Waals surface area contributed by atoms with Crippen LogP contribution in [-0.4, -0.2) is 18.0 Å². The van der Waals surface area contributed by atoms with Gasteiger partial charge in [-0.2, -0.15) is 0 Å². The average Bonchev–Trinajstić information content (AvgIpc) is 3.65. The third-order valence-electron chi connectivity index (χ3n) is 10.3. The van der Waals surface area contributed by atoms with Gasteiger partial charge in [-0.1, -0.05) is 154 Å². The number of hydrogen-bond acceptors (Lipinski definition) is 3. The minimum Gasteiger partial charge on any atom is -0.500 e. The van der Waals surface area contributed by atoms with Crippen LogP contribution in [0.5, 0.6) is 0 Å². The van der Waals surface area contributed by atoms with Gasteiger partial charge in [-0.05, 0) is 68.7 Å². The Hall–Kier alpha value is -5.45. The number of nitrogens with zero attached hydrogens (tertiary/aromatic N) is 2. The molecule has 3 nitrogen and oxygen atoms in total. The summed E-state index contributed by atoms with van der Waals surface area (Å²) in [4.78, 5) is 9.36. The summed E-state index contributed by atoms with van der Waals surface area (Å²) in [7, 11) is -1.80. The number of pyridine rings is 2. The second kappa shape index (κ2) is 16.8. The van der Waals surface area contributed by atoms with Crippen molar-refractivity contribution in [2.75, 3.05) is 0 Å². The Morgan fingerprint density at radius 3 is 2.14 bits per heavy atom. The Kier molecular flexibility index (Phi) is 10.0. The maximum atomic E-state index is 8.98.